The predicted octanol–water partition coefficient (Wildman–Crippen LogP) is 1.37. The van der Waals surface area contributed by atoms with E-state index in [9.17, 15) is 9.59 Å². The van der Waals surface area contributed by atoms with Crippen LogP contribution in [-0.4, -0.2) is 62.4 Å². The normalized spacial score (nSPS) is 29.4. The molecule has 0 aliphatic carbocycles. The third-order valence-corrected chi connectivity index (χ3v) is 4.43. The van der Waals surface area contributed by atoms with Gasteiger partial charge in [-0.05, 0) is 13.3 Å². The summed E-state index contributed by atoms with van der Waals surface area (Å²) in [6.07, 6.45) is 2.47. The van der Waals surface area contributed by atoms with E-state index in [0.717, 1.165) is 25.9 Å². The lowest BCUT2D eigenvalue weighted by Gasteiger charge is -2.28. The van der Waals surface area contributed by atoms with Gasteiger partial charge in [0, 0.05) is 26.1 Å². The third-order valence-electron chi connectivity index (χ3n) is 4.43. The number of ether oxygens (including phenoxy) is 3. The molecule has 126 valence electrons. The molecule has 2 saturated heterocycles. The van der Waals surface area contributed by atoms with Crippen LogP contribution in [-0.2, 0) is 23.8 Å². The minimum absolute atomic E-state index is 0.230. The molecular formula is C16H27NO5. The molecule has 0 radical (unpaired) electrons. The predicted molar refractivity (Wildman–Crippen MR) is 80.3 cm³/mol. The van der Waals surface area contributed by atoms with Gasteiger partial charge < -0.3 is 14.2 Å². The Bertz CT molecular complexity index is 394. The maximum absolute atomic E-state index is 12.4. The highest BCUT2D eigenvalue weighted by atomic mass is 16.6. The summed E-state index contributed by atoms with van der Waals surface area (Å²) < 4.78 is 16.0. The van der Waals surface area contributed by atoms with Crippen LogP contribution in [0.2, 0.25) is 0 Å². The first kappa shape index (κ1) is 17.2. The summed E-state index contributed by atoms with van der Waals surface area (Å²) in [5.74, 6) is -0.824. The molecule has 0 N–H and O–H groups in total. The van der Waals surface area contributed by atoms with Crippen LogP contribution < -0.4 is 0 Å². The smallest absolute Gasteiger partial charge is 0.323 e. The maximum atomic E-state index is 12.4. The zero-order chi connectivity index (χ0) is 16.0. The zero-order valence-electron chi connectivity index (χ0n) is 13.6. The van der Waals surface area contributed by atoms with Gasteiger partial charge in [-0.25, -0.2) is 0 Å². The number of morpholine rings is 1. The number of hydrogen-bond donors (Lipinski definition) is 0. The number of carbonyl (C=O) groups is 2. The van der Waals surface area contributed by atoms with E-state index in [1.165, 1.54) is 0 Å². The molecule has 2 rings (SSSR count). The molecule has 0 amide bonds. The molecule has 2 fully saturated rings. The van der Waals surface area contributed by atoms with Crippen LogP contribution in [0.25, 0.3) is 0 Å². The summed E-state index contributed by atoms with van der Waals surface area (Å²) in [6, 6.07) is 0. The molecule has 2 aliphatic heterocycles. The standard InChI is InChI=1S/C16H27NO5/c1-3-5-6-16(14(18)21-4-2)11-13(22-15(16)19)12-17-7-9-20-10-8-17/h13H,3-12H2,1-2H3/t13-,16-/m0/s1. The first-order valence-electron chi connectivity index (χ1n) is 8.30. The summed E-state index contributed by atoms with van der Waals surface area (Å²) in [5.41, 5.74) is -1.09. The molecule has 6 heteroatoms. The van der Waals surface area contributed by atoms with E-state index in [0.29, 0.717) is 32.6 Å². The minimum Gasteiger partial charge on any atom is -0.465 e. The first-order valence-corrected chi connectivity index (χ1v) is 8.30. The fraction of sp³-hybridized carbons (Fsp3) is 0.875. The summed E-state index contributed by atoms with van der Waals surface area (Å²) in [6.45, 7) is 7.86. The van der Waals surface area contributed by atoms with Crippen LogP contribution in [0.1, 0.15) is 39.5 Å². The Kier molecular flexibility index (Phi) is 6.20. The van der Waals surface area contributed by atoms with E-state index >= 15 is 0 Å². The van der Waals surface area contributed by atoms with E-state index < -0.39 is 17.4 Å². The number of nitrogens with zero attached hydrogens (tertiary/aromatic N) is 1. The van der Waals surface area contributed by atoms with Crippen LogP contribution in [0.3, 0.4) is 0 Å². The number of carbonyl (C=O) groups excluding carboxylic acids is 2. The van der Waals surface area contributed by atoms with E-state index in [-0.39, 0.29) is 12.7 Å². The second-order valence-electron chi connectivity index (χ2n) is 6.05. The molecule has 2 aliphatic rings. The third kappa shape index (κ3) is 3.79. The number of cyclic esters (lactones) is 1. The van der Waals surface area contributed by atoms with Crippen molar-refractivity contribution in [2.45, 2.75) is 45.6 Å². The SMILES string of the molecule is CCCC[C@@]1(C(=O)OCC)C[C@@H](CN2CCOCC2)OC1=O. The van der Waals surface area contributed by atoms with Crippen molar-refractivity contribution in [1.82, 2.24) is 4.90 Å². The highest BCUT2D eigenvalue weighted by Crippen LogP contribution is 2.40. The van der Waals surface area contributed by atoms with Crippen molar-refractivity contribution in [3.63, 3.8) is 0 Å². The number of unbranched alkanes of at least 4 members (excludes halogenated alkanes) is 1. The van der Waals surface area contributed by atoms with E-state index in [2.05, 4.69) is 4.90 Å². The average Bonchev–Trinajstić information content (AvgIpc) is 2.83. The lowest BCUT2D eigenvalue weighted by atomic mass is 9.80. The van der Waals surface area contributed by atoms with Crippen LogP contribution in [0.4, 0.5) is 0 Å². The van der Waals surface area contributed by atoms with E-state index in [1.807, 2.05) is 6.92 Å². The Balaban J connectivity index is 2.02. The van der Waals surface area contributed by atoms with Crippen molar-refractivity contribution in [3.8, 4) is 0 Å². The van der Waals surface area contributed by atoms with Crippen LogP contribution in [0, 0.1) is 5.41 Å². The van der Waals surface area contributed by atoms with Crippen molar-refractivity contribution in [3.05, 3.63) is 0 Å². The second-order valence-corrected chi connectivity index (χ2v) is 6.05. The number of rotatable bonds is 7. The summed E-state index contributed by atoms with van der Waals surface area (Å²) in [7, 11) is 0. The lowest BCUT2D eigenvalue weighted by Crippen LogP contribution is -2.41. The van der Waals surface area contributed by atoms with Crippen LogP contribution in [0.15, 0.2) is 0 Å². The quantitative estimate of drug-likeness (QED) is 0.522. The van der Waals surface area contributed by atoms with Crippen LogP contribution >= 0.6 is 0 Å². The molecule has 0 saturated carbocycles. The summed E-state index contributed by atoms with van der Waals surface area (Å²) in [5, 5.41) is 0. The molecular weight excluding hydrogens is 286 g/mol. The number of esters is 2. The fourth-order valence-electron chi connectivity index (χ4n) is 3.17. The fourth-order valence-corrected chi connectivity index (χ4v) is 3.17. The molecule has 0 aromatic rings. The molecule has 22 heavy (non-hydrogen) atoms. The van der Waals surface area contributed by atoms with Gasteiger partial charge in [0.1, 0.15) is 6.10 Å². The molecule has 0 aromatic carbocycles. The van der Waals surface area contributed by atoms with Gasteiger partial charge in [0.2, 0.25) is 0 Å². The Morgan fingerprint density at radius 2 is 2.09 bits per heavy atom. The molecule has 0 bridgehead atoms. The lowest BCUT2D eigenvalue weighted by molar-refractivity contribution is -0.165. The Hall–Kier alpha value is -1.14. The second kappa shape index (κ2) is 7.92. The Morgan fingerprint density at radius 3 is 2.73 bits per heavy atom. The van der Waals surface area contributed by atoms with Gasteiger partial charge in [-0.1, -0.05) is 19.8 Å². The molecule has 0 unspecified atom stereocenters. The summed E-state index contributed by atoms with van der Waals surface area (Å²) in [4.78, 5) is 27.0. The highest BCUT2D eigenvalue weighted by molar-refractivity contribution is 6.01. The van der Waals surface area contributed by atoms with Gasteiger partial charge in [0.15, 0.2) is 5.41 Å². The maximum Gasteiger partial charge on any atom is 0.323 e. The van der Waals surface area contributed by atoms with Gasteiger partial charge in [-0.15, -0.1) is 0 Å². The molecule has 6 nitrogen and oxygen atoms in total. The topological polar surface area (TPSA) is 65.1 Å². The largest absolute Gasteiger partial charge is 0.465 e. The Morgan fingerprint density at radius 1 is 1.36 bits per heavy atom. The first-order chi connectivity index (χ1) is 10.6. The van der Waals surface area contributed by atoms with Crippen molar-refractivity contribution in [2.75, 3.05) is 39.5 Å². The monoisotopic (exact) mass is 313 g/mol. The highest BCUT2D eigenvalue weighted by Gasteiger charge is 2.55. The van der Waals surface area contributed by atoms with Gasteiger partial charge in [-0.3, -0.25) is 14.5 Å². The molecule has 2 heterocycles. The van der Waals surface area contributed by atoms with E-state index in [1.54, 1.807) is 6.92 Å². The average molecular weight is 313 g/mol. The number of hydrogen-bond acceptors (Lipinski definition) is 6. The summed E-state index contributed by atoms with van der Waals surface area (Å²) >= 11 is 0. The van der Waals surface area contributed by atoms with Gasteiger partial charge in [0.25, 0.3) is 0 Å². The van der Waals surface area contributed by atoms with Crippen molar-refractivity contribution in [1.29, 1.82) is 0 Å². The zero-order valence-corrected chi connectivity index (χ0v) is 13.6. The van der Waals surface area contributed by atoms with Gasteiger partial charge in [-0.2, -0.15) is 0 Å². The van der Waals surface area contributed by atoms with Crippen molar-refractivity contribution in [2.24, 2.45) is 5.41 Å². The molecule has 2 atom stereocenters. The minimum atomic E-state index is -1.09. The van der Waals surface area contributed by atoms with Gasteiger partial charge in [0.05, 0.1) is 19.8 Å². The Labute approximate surface area is 132 Å². The van der Waals surface area contributed by atoms with Crippen molar-refractivity contribution >= 4 is 11.9 Å². The molecule has 0 spiro atoms. The molecule has 0 aromatic heterocycles. The van der Waals surface area contributed by atoms with E-state index in [4.69, 9.17) is 14.2 Å². The van der Waals surface area contributed by atoms with Gasteiger partial charge >= 0.3 is 11.9 Å². The van der Waals surface area contributed by atoms with Crippen LogP contribution in [0.5, 0.6) is 0 Å². The van der Waals surface area contributed by atoms with Crippen molar-refractivity contribution < 1.29 is 23.8 Å².